The Morgan fingerprint density at radius 2 is 1.74 bits per heavy atom. The third-order valence-electron chi connectivity index (χ3n) is 4.61. The van der Waals surface area contributed by atoms with E-state index in [0.717, 1.165) is 12.8 Å². The summed E-state index contributed by atoms with van der Waals surface area (Å²) in [5, 5.41) is 2.77. The van der Waals surface area contributed by atoms with Gasteiger partial charge in [0.1, 0.15) is 0 Å². The molecule has 1 aliphatic carbocycles. The highest BCUT2D eigenvalue weighted by molar-refractivity contribution is 7.89. The fraction of sp³-hybridized carbons (Fsp3) is 0.579. The lowest BCUT2D eigenvalue weighted by Gasteiger charge is -2.20. The minimum absolute atomic E-state index is 0.0279. The number of hydrogen-bond donors (Lipinski definition) is 2. The molecule has 1 fully saturated rings. The van der Waals surface area contributed by atoms with Crippen LogP contribution in [0.4, 0.5) is 0 Å². The Hall–Kier alpha value is -1.93. The number of amides is 1. The molecular weight excluding hydrogens is 368 g/mol. The highest BCUT2D eigenvalue weighted by atomic mass is 32.2. The maximum atomic E-state index is 12.3. The number of benzene rings is 1. The monoisotopic (exact) mass is 396 g/mol. The second-order valence-electron chi connectivity index (χ2n) is 6.70. The maximum absolute atomic E-state index is 12.3. The highest BCUT2D eigenvalue weighted by Crippen LogP contribution is 2.25. The average Bonchev–Trinajstić information content (AvgIpc) is 2.66. The Morgan fingerprint density at radius 3 is 2.37 bits per heavy atom. The van der Waals surface area contributed by atoms with Crippen LogP contribution in [0.25, 0.3) is 0 Å². The summed E-state index contributed by atoms with van der Waals surface area (Å²) in [6.45, 7) is 2.31. The van der Waals surface area contributed by atoms with Gasteiger partial charge in [-0.25, -0.2) is 17.9 Å². The Balaban J connectivity index is 1.75. The summed E-state index contributed by atoms with van der Waals surface area (Å²) in [6.07, 6.45) is 6.34. The van der Waals surface area contributed by atoms with Gasteiger partial charge in [-0.1, -0.05) is 19.3 Å². The molecule has 0 unspecified atom stereocenters. The number of carbonyl (C=O) groups excluding carboxylic acids is 2. The summed E-state index contributed by atoms with van der Waals surface area (Å²) in [5.41, 5.74) is 0.297. The van der Waals surface area contributed by atoms with Gasteiger partial charge in [-0.2, -0.15) is 0 Å². The summed E-state index contributed by atoms with van der Waals surface area (Å²) in [5.74, 6) is -0.0664. The normalized spacial score (nSPS) is 15.3. The average molecular weight is 397 g/mol. The Morgan fingerprint density at radius 1 is 1.07 bits per heavy atom. The lowest BCUT2D eigenvalue weighted by molar-refractivity contribution is -0.122. The van der Waals surface area contributed by atoms with Gasteiger partial charge in [0.05, 0.1) is 17.1 Å². The highest BCUT2D eigenvalue weighted by Gasteiger charge is 2.18. The van der Waals surface area contributed by atoms with Crippen LogP contribution in [0, 0.1) is 5.92 Å². The molecule has 0 atom stereocenters. The number of carbonyl (C=O) groups is 2. The Bertz CT molecular complexity index is 725. The molecule has 27 heavy (non-hydrogen) atoms. The predicted octanol–water partition coefficient (Wildman–Crippen LogP) is 2.23. The minimum Gasteiger partial charge on any atom is -0.462 e. The maximum Gasteiger partial charge on any atom is 0.338 e. The van der Waals surface area contributed by atoms with E-state index >= 15 is 0 Å². The van der Waals surface area contributed by atoms with Crippen LogP contribution in [-0.4, -0.2) is 40.0 Å². The molecule has 0 saturated heterocycles. The molecule has 7 nitrogen and oxygen atoms in total. The van der Waals surface area contributed by atoms with Crippen LogP contribution >= 0.6 is 0 Å². The molecule has 1 saturated carbocycles. The van der Waals surface area contributed by atoms with E-state index in [1.807, 2.05) is 0 Å². The van der Waals surface area contributed by atoms with Gasteiger partial charge in [-0.3, -0.25) is 4.79 Å². The molecule has 0 radical (unpaired) electrons. The van der Waals surface area contributed by atoms with Crippen LogP contribution in [0.3, 0.4) is 0 Å². The molecule has 1 aromatic carbocycles. The van der Waals surface area contributed by atoms with E-state index in [-0.39, 0.29) is 30.5 Å². The van der Waals surface area contributed by atoms with Gasteiger partial charge < -0.3 is 10.1 Å². The number of nitrogens with one attached hydrogen (secondary N) is 2. The zero-order chi connectivity index (χ0) is 19.7. The minimum atomic E-state index is -3.69. The van der Waals surface area contributed by atoms with Crippen molar-refractivity contribution in [3.05, 3.63) is 29.8 Å². The van der Waals surface area contributed by atoms with Crippen molar-refractivity contribution >= 4 is 21.9 Å². The first-order valence-corrected chi connectivity index (χ1v) is 10.9. The van der Waals surface area contributed by atoms with Crippen molar-refractivity contribution in [1.82, 2.24) is 10.0 Å². The molecule has 150 valence electrons. The van der Waals surface area contributed by atoms with Gasteiger partial charge in [0.15, 0.2) is 0 Å². The van der Waals surface area contributed by atoms with Gasteiger partial charge in [-0.15, -0.1) is 0 Å². The molecule has 0 bridgehead atoms. The van der Waals surface area contributed by atoms with Gasteiger partial charge in [0, 0.05) is 19.5 Å². The van der Waals surface area contributed by atoms with E-state index in [1.54, 1.807) is 6.92 Å². The van der Waals surface area contributed by atoms with Crippen molar-refractivity contribution in [2.45, 2.75) is 50.3 Å². The van der Waals surface area contributed by atoms with E-state index in [1.165, 1.54) is 43.5 Å². The van der Waals surface area contributed by atoms with E-state index in [4.69, 9.17) is 4.74 Å². The lowest BCUT2D eigenvalue weighted by atomic mass is 9.87. The molecular formula is C19H28N2O5S. The summed E-state index contributed by atoms with van der Waals surface area (Å²) in [6, 6.07) is 5.55. The summed E-state index contributed by atoms with van der Waals surface area (Å²) in [7, 11) is -3.69. The second-order valence-corrected chi connectivity index (χ2v) is 8.47. The summed E-state index contributed by atoms with van der Waals surface area (Å²) in [4.78, 5) is 23.6. The van der Waals surface area contributed by atoms with Crippen molar-refractivity contribution in [3.63, 3.8) is 0 Å². The van der Waals surface area contributed by atoms with Crippen LogP contribution in [0.5, 0.6) is 0 Å². The van der Waals surface area contributed by atoms with E-state index < -0.39 is 16.0 Å². The van der Waals surface area contributed by atoms with E-state index in [0.29, 0.717) is 17.9 Å². The molecule has 0 aliphatic heterocycles. The van der Waals surface area contributed by atoms with Crippen LogP contribution in [0.15, 0.2) is 29.2 Å². The molecule has 0 spiro atoms. The molecule has 2 rings (SSSR count). The Kier molecular flexibility index (Phi) is 8.24. The molecule has 1 aliphatic rings. The predicted molar refractivity (Wildman–Crippen MR) is 102 cm³/mol. The molecule has 0 aromatic heterocycles. The van der Waals surface area contributed by atoms with Gasteiger partial charge in [0.25, 0.3) is 0 Å². The molecule has 1 amide bonds. The number of hydrogen-bond acceptors (Lipinski definition) is 5. The lowest BCUT2D eigenvalue weighted by Crippen LogP contribution is -2.35. The fourth-order valence-corrected chi connectivity index (χ4v) is 4.21. The molecule has 2 N–H and O–H groups in total. The first-order valence-electron chi connectivity index (χ1n) is 9.46. The van der Waals surface area contributed by atoms with E-state index in [2.05, 4.69) is 10.0 Å². The van der Waals surface area contributed by atoms with Crippen LogP contribution in [0.1, 0.15) is 55.8 Å². The number of ether oxygens (including phenoxy) is 1. The smallest absolute Gasteiger partial charge is 0.338 e. The third-order valence-corrected chi connectivity index (χ3v) is 6.09. The number of sulfonamides is 1. The van der Waals surface area contributed by atoms with Crippen molar-refractivity contribution in [1.29, 1.82) is 0 Å². The first-order chi connectivity index (χ1) is 12.9. The summed E-state index contributed by atoms with van der Waals surface area (Å²) < 4.78 is 31.8. The Labute approximate surface area is 160 Å². The fourth-order valence-electron chi connectivity index (χ4n) is 3.18. The number of rotatable bonds is 9. The molecule has 8 heteroatoms. The van der Waals surface area contributed by atoms with Crippen LogP contribution in [0.2, 0.25) is 0 Å². The first kappa shape index (κ1) is 21.4. The SMILES string of the molecule is CCOC(=O)c1ccc(S(=O)(=O)NCCNC(=O)CC2CCCCC2)cc1. The van der Waals surface area contributed by atoms with Gasteiger partial charge >= 0.3 is 5.97 Å². The van der Waals surface area contributed by atoms with Gasteiger partial charge in [-0.05, 0) is 49.9 Å². The van der Waals surface area contributed by atoms with Crippen molar-refractivity contribution < 1.29 is 22.7 Å². The topological polar surface area (TPSA) is 102 Å². The molecule has 1 aromatic rings. The second kappa shape index (κ2) is 10.4. The standard InChI is InChI=1S/C19H28N2O5S/c1-2-26-19(23)16-8-10-17(11-9-16)27(24,25)21-13-12-20-18(22)14-15-6-4-3-5-7-15/h8-11,15,21H,2-7,12-14H2,1H3,(H,20,22). The zero-order valence-electron chi connectivity index (χ0n) is 15.7. The van der Waals surface area contributed by atoms with Crippen LogP contribution in [-0.2, 0) is 19.6 Å². The van der Waals surface area contributed by atoms with Crippen molar-refractivity contribution in [2.75, 3.05) is 19.7 Å². The van der Waals surface area contributed by atoms with Crippen LogP contribution < -0.4 is 10.0 Å². The third kappa shape index (κ3) is 6.95. The summed E-state index contributed by atoms with van der Waals surface area (Å²) >= 11 is 0. The van der Waals surface area contributed by atoms with Crippen molar-refractivity contribution in [3.8, 4) is 0 Å². The zero-order valence-corrected chi connectivity index (χ0v) is 16.5. The van der Waals surface area contributed by atoms with E-state index in [9.17, 15) is 18.0 Å². The quantitative estimate of drug-likeness (QED) is 0.492. The number of esters is 1. The van der Waals surface area contributed by atoms with Gasteiger partial charge in [0.2, 0.25) is 15.9 Å². The largest absolute Gasteiger partial charge is 0.462 e. The van der Waals surface area contributed by atoms with Crippen molar-refractivity contribution in [2.24, 2.45) is 5.92 Å². The molecule has 0 heterocycles.